The van der Waals surface area contributed by atoms with E-state index < -0.39 is 12.0 Å². The van der Waals surface area contributed by atoms with Crippen LogP contribution < -0.4 is 10.6 Å². The molecule has 0 spiro atoms. The van der Waals surface area contributed by atoms with Gasteiger partial charge in [-0.3, -0.25) is 4.79 Å². The van der Waals surface area contributed by atoms with Crippen molar-refractivity contribution in [2.75, 3.05) is 25.2 Å². The maximum Gasteiger partial charge on any atom is 0.335 e. The summed E-state index contributed by atoms with van der Waals surface area (Å²) in [7, 11) is 1.62. The summed E-state index contributed by atoms with van der Waals surface area (Å²) in [6, 6.07) is 4.28. The van der Waals surface area contributed by atoms with Crippen molar-refractivity contribution in [3.8, 4) is 0 Å². The number of benzene rings is 1. The largest absolute Gasteiger partial charge is 0.478 e. The monoisotopic (exact) mass is 292 g/mol. The SMILES string of the molecule is COCCCC(N)C(=O)N1CCc2cc(C(=O)O)ccc21. The molecule has 6 heteroatoms. The summed E-state index contributed by atoms with van der Waals surface area (Å²) in [6.07, 6.45) is 1.97. The van der Waals surface area contributed by atoms with E-state index in [1.807, 2.05) is 0 Å². The molecule has 0 radical (unpaired) electrons. The van der Waals surface area contributed by atoms with Gasteiger partial charge in [0.25, 0.3) is 0 Å². The molecule has 0 aromatic heterocycles. The van der Waals surface area contributed by atoms with E-state index in [1.165, 1.54) is 6.07 Å². The van der Waals surface area contributed by atoms with Crippen LogP contribution in [0.4, 0.5) is 5.69 Å². The number of carboxylic acids is 1. The molecular formula is C15H20N2O4. The lowest BCUT2D eigenvalue weighted by atomic mass is 10.1. The second-order valence-electron chi connectivity index (χ2n) is 5.13. The van der Waals surface area contributed by atoms with E-state index in [2.05, 4.69) is 0 Å². The van der Waals surface area contributed by atoms with E-state index in [1.54, 1.807) is 24.1 Å². The molecule has 114 valence electrons. The van der Waals surface area contributed by atoms with Crippen LogP contribution in [0.2, 0.25) is 0 Å². The van der Waals surface area contributed by atoms with Crippen LogP contribution in [0.1, 0.15) is 28.8 Å². The highest BCUT2D eigenvalue weighted by molar-refractivity contribution is 5.99. The van der Waals surface area contributed by atoms with E-state index >= 15 is 0 Å². The minimum absolute atomic E-state index is 0.118. The highest BCUT2D eigenvalue weighted by Crippen LogP contribution is 2.29. The third-order valence-electron chi connectivity index (χ3n) is 3.67. The number of methoxy groups -OCH3 is 1. The molecule has 1 amide bonds. The summed E-state index contributed by atoms with van der Waals surface area (Å²) in [4.78, 5) is 25.0. The Morgan fingerprint density at radius 3 is 2.90 bits per heavy atom. The summed E-state index contributed by atoms with van der Waals surface area (Å²) < 4.78 is 4.95. The number of hydrogen-bond acceptors (Lipinski definition) is 4. The number of anilines is 1. The van der Waals surface area contributed by atoms with E-state index in [0.29, 0.717) is 26.0 Å². The van der Waals surface area contributed by atoms with Crippen LogP contribution in [0.25, 0.3) is 0 Å². The lowest BCUT2D eigenvalue weighted by Crippen LogP contribution is -2.43. The normalized spacial score (nSPS) is 14.9. The first kappa shape index (κ1) is 15.5. The van der Waals surface area contributed by atoms with Crippen LogP contribution in [0.3, 0.4) is 0 Å². The average molecular weight is 292 g/mol. The number of carbonyl (C=O) groups is 2. The Labute approximate surface area is 123 Å². The number of nitrogens with two attached hydrogens (primary N) is 1. The van der Waals surface area contributed by atoms with Crippen molar-refractivity contribution in [3.05, 3.63) is 29.3 Å². The van der Waals surface area contributed by atoms with Gasteiger partial charge in [-0.15, -0.1) is 0 Å². The number of carbonyl (C=O) groups excluding carboxylic acids is 1. The Balaban J connectivity index is 2.08. The van der Waals surface area contributed by atoms with Gasteiger partial charge in [0.2, 0.25) is 5.91 Å². The number of rotatable bonds is 6. The van der Waals surface area contributed by atoms with Gasteiger partial charge in [0.05, 0.1) is 11.6 Å². The molecule has 1 unspecified atom stereocenters. The number of amides is 1. The smallest absolute Gasteiger partial charge is 0.335 e. The second-order valence-corrected chi connectivity index (χ2v) is 5.13. The molecule has 0 saturated heterocycles. The molecular weight excluding hydrogens is 272 g/mol. The molecule has 1 aromatic carbocycles. The topological polar surface area (TPSA) is 92.9 Å². The molecule has 21 heavy (non-hydrogen) atoms. The Bertz CT molecular complexity index is 544. The van der Waals surface area contributed by atoms with Crippen molar-refractivity contribution in [2.24, 2.45) is 5.73 Å². The number of nitrogens with zero attached hydrogens (tertiary/aromatic N) is 1. The Kier molecular flexibility index (Phi) is 4.93. The van der Waals surface area contributed by atoms with Crippen LogP contribution in [-0.4, -0.2) is 43.3 Å². The molecule has 2 rings (SSSR count). The fourth-order valence-electron chi connectivity index (χ4n) is 2.53. The van der Waals surface area contributed by atoms with Crippen LogP contribution in [-0.2, 0) is 16.0 Å². The van der Waals surface area contributed by atoms with Crippen LogP contribution >= 0.6 is 0 Å². The molecule has 1 aliphatic rings. The zero-order valence-corrected chi connectivity index (χ0v) is 12.0. The predicted octanol–water partition coefficient (Wildman–Crippen LogP) is 1.03. The van der Waals surface area contributed by atoms with Crippen molar-refractivity contribution in [3.63, 3.8) is 0 Å². The van der Waals surface area contributed by atoms with Crippen LogP contribution in [0, 0.1) is 0 Å². The van der Waals surface area contributed by atoms with Crippen molar-refractivity contribution in [2.45, 2.75) is 25.3 Å². The third-order valence-corrected chi connectivity index (χ3v) is 3.67. The molecule has 0 saturated carbocycles. The van der Waals surface area contributed by atoms with E-state index in [4.69, 9.17) is 15.6 Å². The van der Waals surface area contributed by atoms with Crippen molar-refractivity contribution in [1.82, 2.24) is 0 Å². The van der Waals surface area contributed by atoms with Gasteiger partial charge in [-0.25, -0.2) is 4.79 Å². The van der Waals surface area contributed by atoms with Gasteiger partial charge in [0.15, 0.2) is 0 Å². The first-order valence-electron chi connectivity index (χ1n) is 6.96. The molecule has 1 aromatic rings. The lowest BCUT2D eigenvalue weighted by Gasteiger charge is -2.21. The maximum absolute atomic E-state index is 12.4. The fraction of sp³-hybridized carbons (Fsp3) is 0.467. The minimum atomic E-state index is -0.959. The first-order valence-corrected chi connectivity index (χ1v) is 6.96. The molecule has 0 aliphatic carbocycles. The van der Waals surface area contributed by atoms with Gasteiger partial charge in [-0.05, 0) is 43.0 Å². The number of carboxylic acid groups (broad SMARTS) is 1. The number of fused-ring (bicyclic) bond motifs is 1. The molecule has 1 atom stereocenters. The summed E-state index contributed by atoms with van der Waals surface area (Å²) >= 11 is 0. The highest BCUT2D eigenvalue weighted by atomic mass is 16.5. The van der Waals surface area contributed by atoms with Gasteiger partial charge >= 0.3 is 5.97 Å². The lowest BCUT2D eigenvalue weighted by molar-refractivity contribution is -0.119. The van der Waals surface area contributed by atoms with Gasteiger partial charge in [0, 0.05) is 25.9 Å². The van der Waals surface area contributed by atoms with Crippen molar-refractivity contribution < 1.29 is 19.4 Å². The van der Waals surface area contributed by atoms with Crippen LogP contribution in [0.15, 0.2) is 18.2 Å². The van der Waals surface area contributed by atoms with Crippen LogP contribution in [0.5, 0.6) is 0 Å². The molecule has 1 aliphatic heterocycles. The number of ether oxygens (including phenoxy) is 1. The highest BCUT2D eigenvalue weighted by Gasteiger charge is 2.28. The quantitative estimate of drug-likeness (QED) is 0.764. The predicted molar refractivity (Wildman–Crippen MR) is 78.5 cm³/mol. The zero-order chi connectivity index (χ0) is 15.4. The Morgan fingerprint density at radius 1 is 1.48 bits per heavy atom. The Hall–Kier alpha value is -1.92. The molecule has 0 fully saturated rings. The standard InChI is InChI=1S/C15H20N2O4/c1-21-8-2-3-12(16)14(18)17-7-6-10-9-11(15(19)20)4-5-13(10)17/h4-5,9,12H,2-3,6-8,16H2,1H3,(H,19,20). The average Bonchev–Trinajstić information content (AvgIpc) is 2.89. The summed E-state index contributed by atoms with van der Waals surface area (Å²) in [5, 5.41) is 8.99. The second kappa shape index (κ2) is 6.69. The van der Waals surface area contributed by atoms with E-state index in [9.17, 15) is 9.59 Å². The summed E-state index contributed by atoms with van der Waals surface area (Å²) in [6.45, 7) is 1.13. The van der Waals surface area contributed by atoms with Gasteiger partial charge in [0.1, 0.15) is 0 Å². The molecule has 6 nitrogen and oxygen atoms in total. The van der Waals surface area contributed by atoms with Crippen molar-refractivity contribution in [1.29, 1.82) is 0 Å². The van der Waals surface area contributed by atoms with Gasteiger partial charge in [-0.2, -0.15) is 0 Å². The van der Waals surface area contributed by atoms with Crippen molar-refractivity contribution >= 4 is 17.6 Å². The van der Waals surface area contributed by atoms with Gasteiger partial charge < -0.3 is 20.5 Å². The minimum Gasteiger partial charge on any atom is -0.478 e. The number of aromatic carboxylic acids is 1. The maximum atomic E-state index is 12.4. The van der Waals surface area contributed by atoms with E-state index in [0.717, 1.165) is 17.7 Å². The summed E-state index contributed by atoms with van der Waals surface area (Å²) in [5.74, 6) is -1.08. The zero-order valence-electron chi connectivity index (χ0n) is 12.0. The molecule has 0 bridgehead atoms. The first-order chi connectivity index (χ1) is 10.0. The Morgan fingerprint density at radius 2 is 2.24 bits per heavy atom. The summed E-state index contributed by atoms with van der Waals surface area (Å²) in [5.41, 5.74) is 7.83. The van der Waals surface area contributed by atoms with Gasteiger partial charge in [-0.1, -0.05) is 0 Å². The number of hydrogen-bond donors (Lipinski definition) is 2. The fourth-order valence-corrected chi connectivity index (χ4v) is 2.53. The van der Waals surface area contributed by atoms with E-state index in [-0.39, 0.29) is 11.5 Å². The third kappa shape index (κ3) is 3.40. The molecule has 3 N–H and O–H groups in total. The molecule has 1 heterocycles.